The fourth-order valence-corrected chi connectivity index (χ4v) is 3.59. The van der Waals surface area contributed by atoms with Crippen molar-refractivity contribution in [2.24, 2.45) is 4.99 Å². The number of aliphatic hydroxyl groups is 1. The minimum absolute atomic E-state index is 0.00789. The van der Waals surface area contributed by atoms with Crippen molar-refractivity contribution in [2.75, 3.05) is 20.1 Å². The number of carbonyl (C=O) groups excluding carboxylic acids is 2. The van der Waals surface area contributed by atoms with Crippen LogP contribution < -0.4 is 5.32 Å². The zero-order valence-electron chi connectivity index (χ0n) is 15.5. The van der Waals surface area contributed by atoms with E-state index >= 15 is 0 Å². The standard InChI is InChI=1S/C20H25N3O3/c1-20(2)12-13-8-4-5-9-14(13)16(22-20)15(17(24)18(25)21-3)19(26)23-10-6-7-11-23/h4-5,8-9,24H,6-7,10-12H2,1-3H3,(H,21,25)/b17-15-. The number of hydrogen-bond donors (Lipinski definition) is 2. The van der Waals surface area contributed by atoms with Crippen LogP contribution in [-0.4, -0.2) is 53.2 Å². The van der Waals surface area contributed by atoms with Gasteiger partial charge in [-0.2, -0.15) is 0 Å². The van der Waals surface area contributed by atoms with E-state index in [0.717, 1.165) is 30.4 Å². The van der Waals surface area contributed by atoms with Gasteiger partial charge in [0.25, 0.3) is 11.8 Å². The maximum absolute atomic E-state index is 13.2. The third-order valence-electron chi connectivity index (χ3n) is 4.83. The summed E-state index contributed by atoms with van der Waals surface area (Å²) >= 11 is 0. The van der Waals surface area contributed by atoms with Crippen molar-refractivity contribution < 1.29 is 14.7 Å². The van der Waals surface area contributed by atoms with E-state index < -0.39 is 17.2 Å². The smallest absolute Gasteiger partial charge is 0.286 e. The number of amides is 2. The Bertz CT molecular complexity index is 802. The third-order valence-corrected chi connectivity index (χ3v) is 4.83. The largest absolute Gasteiger partial charge is 0.502 e. The van der Waals surface area contributed by atoms with Gasteiger partial charge in [0.05, 0.1) is 11.3 Å². The summed E-state index contributed by atoms with van der Waals surface area (Å²) < 4.78 is 0. The predicted octanol–water partition coefficient (Wildman–Crippen LogP) is 1.99. The maximum Gasteiger partial charge on any atom is 0.286 e. The van der Waals surface area contributed by atoms with E-state index in [1.54, 1.807) is 4.90 Å². The monoisotopic (exact) mass is 355 g/mol. The molecule has 0 aliphatic carbocycles. The lowest BCUT2D eigenvalue weighted by molar-refractivity contribution is -0.127. The van der Waals surface area contributed by atoms with Crippen LogP contribution >= 0.6 is 0 Å². The number of nitrogens with one attached hydrogen (secondary N) is 1. The summed E-state index contributed by atoms with van der Waals surface area (Å²) in [6.07, 6.45) is 2.58. The Morgan fingerprint density at radius 3 is 2.50 bits per heavy atom. The van der Waals surface area contributed by atoms with Crippen LogP contribution in [0.2, 0.25) is 0 Å². The van der Waals surface area contributed by atoms with Gasteiger partial charge in [0.15, 0.2) is 5.76 Å². The Kier molecular flexibility index (Phi) is 4.85. The first-order chi connectivity index (χ1) is 12.3. The van der Waals surface area contributed by atoms with Gasteiger partial charge in [-0.1, -0.05) is 24.3 Å². The molecule has 2 heterocycles. The number of hydrogen-bond acceptors (Lipinski definition) is 4. The summed E-state index contributed by atoms with van der Waals surface area (Å²) in [5.41, 5.74) is 1.81. The fraction of sp³-hybridized carbons (Fsp3) is 0.450. The molecule has 138 valence electrons. The van der Waals surface area contributed by atoms with Crippen LogP contribution in [0.5, 0.6) is 0 Å². The molecule has 0 unspecified atom stereocenters. The van der Waals surface area contributed by atoms with E-state index in [-0.39, 0.29) is 11.5 Å². The van der Waals surface area contributed by atoms with Crippen molar-refractivity contribution in [3.05, 3.63) is 46.7 Å². The Morgan fingerprint density at radius 2 is 1.85 bits per heavy atom. The molecule has 0 aromatic heterocycles. The van der Waals surface area contributed by atoms with Crippen molar-refractivity contribution in [1.29, 1.82) is 0 Å². The number of likely N-dealkylation sites (N-methyl/N-ethyl adjacent to an activating group) is 1. The predicted molar refractivity (Wildman–Crippen MR) is 100 cm³/mol. The Balaban J connectivity index is 2.19. The number of fused-ring (bicyclic) bond motifs is 1. The van der Waals surface area contributed by atoms with E-state index in [2.05, 4.69) is 5.32 Å². The number of likely N-dealkylation sites (tertiary alicyclic amines) is 1. The molecule has 2 aliphatic rings. The Morgan fingerprint density at radius 1 is 1.19 bits per heavy atom. The van der Waals surface area contributed by atoms with Crippen molar-refractivity contribution in [2.45, 2.75) is 38.6 Å². The van der Waals surface area contributed by atoms with Gasteiger partial charge in [-0.05, 0) is 38.7 Å². The molecule has 1 aromatic rings. The SMILES string of the molecule is CNC(=O)/C(O)=C(/C(=O)N1CCCC1)C1=NC(C)(C)Cc2ccccc21. The lowest BCUT2D eigenvalue weighted by Crippen LogP contribution is -2.38. The summed E-state index contributed by atoms with van der Waals surface area (Å²) in [5.74, 6) is -1.60. The molecular formula is C20H25N3O3. The molecule has 2 N–H and O–H groups in total. The van der Waals surface area contributed by atoms with Crippen LogP contribution in [0.3, 0.4) is 0 Å². The molecular weight excluding hydrogens is 330 g/mol. The first-order valence-corrected chi connectivity index (χ1v) is 8.97. The minimum atomic E-state index is -0.684. The first kappa shape index (κ1) is 18.2. The fourth-order valence-electron chi connectivity index (χ4n) is 3.59. The number of benzene rings is 1. The number of carbonyl (C=O) groups is 2. The number of rotatable bonds is 3. The summed E-state index contributed by atoms with van der Waals surface area (Å²) in [4.78, 5) is 31.8. The van der Waals surface area contributed by atoms with Gasteiger partial charge in [0.2, 0.25) is 0 Å². The van der Waals surface area contributed by atoms with E-state index in [0.29, 0.717) is 18.8 Å². The van der Waals surface area contributed by atoms with Crippen molar-refractivity contribution in [3.8, 4) is 0 Å². The molecule has 0 spiro atoms. The molecule has 0 bridgehead atoms. The highest BCUT2D eigenvalue weighted by atomic mass is 16.3. The Labute approximate surface area is 153 Å². The lowest BCUT2D eigenvalue weighted by Gasteiger charge is -2.30. The first-order valence-electron chi connectivity index (χ1n) is 8.97. The van der Waals surface area contributed by atoms with Crippen LogP contribution in [-0.2, 0) is 16.0 Å². The van der Waals surface area contributed by atoms with Crippen LogP contribution in [0.1, 0.15) is 37.8 Å². The van der Waals surface area contributed by atoms with E-state index in [9.17, 15) is 14.7 Å². The third kappa shape index (κ3) is 3.36. The second kappa shape index (κ2) is 6.94. The zero-order chi connectivity index (χ0) is 18.9. The van der Waals surface area contributed by atoms with Crippen LogP contribution in [0.4, 0.5) is 0 Å². The lowest BCUT2D eigenvalue weighted by atomic mass is 9.84. The van der Waals surface area contributed by atoms with E-state index in [4.69, 9.17) is 4.99 Å². The van der Waals surface area contributed by atoms with Gasteiger partial charge >= 0.3 is 0 Å². The normalized spacial score (nSPS) is 19.3. The molecule has 6 heteroatoms. The molecule has 1 saturated heterocycles. The van der Waals surface area contributed by atoms with Gasteiger partial charge in [-0.25, -0.2) is 0 Å². The van der Waals surface area contributed by atoms with Gasteiger partial charge in [-0.15, -0.1) is 0 Å². The number of aliphatic hydroxyl groups excluding tert-OH is 1. The molecule has 1 aromatic carbocycles. The average Bonchev–Trinajstić information content (AvgIpc) is 3.14. The molecule has 3 rings (SSSR count). The van der Waals surface area contributed by atoms with E-state index in [1.807, 2.05) is 38.1 Å². The summed E-state index contributed by atoms with van der Waals surface area (Å²) in [6, 6.07) is 7.71. The van der Waals surface area contributed by atoms with Crippen LogP contribution in [0.15, 0.2) is 40.6 Å². The highest BCUT2D eigenvalue weighted by Gasteiger charge is 2.35. The highest BCUT2D eigenvalue weighted by Crippen LogP contribution is 2.31. The molecule has 0 saturated carbocycles. The van der Waals surface area contributed by atoms with Gasteiger partial charge in [0, 0.05) is 25.7 Å². The Hall–Kier alpha value is -2.63. The number of aliphatic imine (C=N–C) groups is 1. The molecule has 2 amide bonds. The summed E-state index contributed by atoms with van der Waals surface area (Å²) in [5, 5.41) is 13.0. The minimum Gasteiger partial charge on any atom is -0.502 e. The molecule has 0 atom stereocenters. The number of nitrogens with zero attached hydrogens (tertiary/aromatic N) is 2. The highest BCUT2D eigenvalue weighted by molar-refractivity contribution is 6.31. The summed E-state index contributed by atoms with van der Waals surface area (Å²) in [6.45, 7) is 5.22. The van der Waals surface area contributed by atoms with Crippen molar-refractivity contribution in [3.63, 3.8) is 0 Å². The second-order valence-electron chi connectivity index (χ2n) is 7.41. The zero-order valence-corrected chi connectivity index (χ0v) is 15.5. The molecule has 26 heavy (non-hydrogen) atoms. The maximum atomic E-state index is 13.2. The van der Waals surface area contributed by atoms with Crippen LogP contribution in [0, 0.1) is 0 Å². The second-order valence-corrected chi connectivity index (χ2v) is 7.41. The van der Waals surface area contributed by atoms with Gasteiger partial charge < -0.3 is 15.3 Å². The molecule has 2 aliphatic heterocycles. The topological polar surface area (TPSA) is 82.0 Å². The van der Waals surface area contributed by atoms with Crippen molar-refractivity contribution in [1.82, 2.24) is 10.2 Å². The summed E-state index contributed by atoms with van der Waals surface area (Å²) in [7, 11) is 1.43. The molecule has 0 radical (unpaired) electrons. The van der Waals surface area contributed by atoms with Gasteiger partial charge in [-0.3, -0.25) is 14.6 Å². The van der Waals surface area contributed by atoms with E-state index in [1.165, 1.54) is 7.05 Å². The van der Waals surface area contributed by atoms with Gasteiger partial charge in [0.1, 0.15) is 5.57 Å². The molecule has 6 nitrogen and oxygen atoms in total. The average molecular weight is 355 g/mol. The van der Waals surface area contributed by atoms with Crippen molar-refractivity contribution >= 4 is 17.5 Å². The molecule has 1 fully saturated rings. The quantitative estimate of drug-likeness (QED) is 0.643. The van der Waals surface area contributed by atoms with Crippen LogP contribution in [0.25, 0.3) is 0 Å².